The summed E-state index contributed by atoms with van der Waals surface area (Å²) in [5.74, 6) is -1.62. The number of halogens is 2. The molecule has 1 atom stereocenters. The van der Waals surface area contributed by atoms with Gasteiger partial charge in [-0.1, -0.05) is 29.3 Å². The molecular formula is C22H18Cl2N2O5. The Morgan fingerprint density at radius 1 is 1.00 bits per heavy atom. The molecule has 0 aliphatic carbocycles. The van der Waals surface area contributed by atoms with E-state index in [0.29, 0.717) is 21.4 Å². The first-order valence-corrected chi connectivity index (χ1v) is 9.92. The quantitative estimate of drug-likeness (QED) is 0.484. The number of nitrogens with one attached hydrogen (secondary N) is 2. The Labute approximate surface area is 188 Å². The van der Waals surface area contributed by atoms with Crippen molar-refractivity contribution in [3.63, 3.8) is 0 Å². The summed E-state index contributed by atoms with van der Waals surface area (Å²) in [6, 6.07) is 12.4. The van der Waals surface area contributed by atoms with Crippen LogP contribution in [0.2, 0.25) is 10.0 Å². The van der Waals surface area contributed by atoms with Crippen molar-refractivity contribution in [2.75, 3.05) is 10.6 Å². The minimum absolute atomic E-state index is 0.136. The van der Waals surface area contributed by atoms with Crippen molar-refractivity contribution in [3.05, 3.63) is 81.7 Å². The van der Waals surface area contributed by atoms with Crippen LogP contribution in [0.3, 0.4) is 0 Å². The lowest BCUT2D eigenvalue weighted by molar-refractivity contribution is -0.123. The molecule has 0 bridgehead atoms. The van der Waals surface area contributed by atoms with Gasteiger partial charge in [0.2, 0.25) is 0 Å². The zero-order valence-corrected chi connectivity index (χ0v) is 18.1. The van der Waals surface area contributed by atoms with Crippen LogP contribution in [0.5, 0.6) is 0 Å². The first-order valence-electron chi connectivity index (χ1n) is 9.17. The lowest BCUT2D eigenvalue weighted by Gasteiger charge is -2.15. The molecule has 0 saturated heterocycles. The van der Waals surface area contributed by atoms with Crippen LogP contribution in [-0.4, -0.2) is 23.9 Å². The van der Waals surface area contributed by atoms with Gasteiger partial charge >= 0.3 is 5.97 Å². The summed E-state index contributed by atoms with van der Waals surface area (Å²) in [6.07, 6.45) is 0.281. The molecule has 31 heavy (non-hydrogen) atoms. The molecule has 2 amide bonds. The molecule has 7 nitrogen and oxygen atoms in total. The Balaban J connectivity index is 1.67. The number of anilines is 2. The van der Waals surface area contributed by atoms with Gasteiger partial charge in [0, 0.05) is 10.7 Å². The smallest absolute Gasteiger partial charge is 0.338 e. The van der Waals surface area contributed by atoms with E-state index in [0.717, 1.165) is 5.56 Å². The van der Waals surface area contributed by atoms with Gasteiger partial charge in [0.25, 0.3) is 11.8 Å². The Hall–Kier alpha value is -3.29. The van der Waals surface area contributed by atoms with Crippen LogP contribution in [-0.2, 0) is 9.53 Å². The summed E-state index contributed by atoms with van der Waals surface area (Å²) in [7, 11) is 0. The van der Waals surface area contributed by atoms with Gasteiger partial charge in [-0.3, -0.25) is 9.59 Å². The van der Waals surface area contributed by atoms with Crippen LogP contribution in [0, 0.1) is 6.92 Å². The van der Waals surface area contributed by atoms with E-state index >= 15 is 0 Å². The zero-order valence-electron chi connectivity index (χ0n) is 16.6. The minimum Gasteiger partial charge on any atom is -0.459 e. The maximum absolute atomic E-state index is 12.5. The van der Waals surface area contributed by atoms with Crippen molar-refractivity contribution >= 4 is 52.4 Å². The molecule has 1 unspecified atom stereocenters. The number of rotatable bonds is 6. The molecule has 160 valence electrons. The summed E-state index contributed by atoms with van der Waals surface area (Å²) in [4.78, 5) is 37.1. The SMILES string of the molecule is Cc1ccc(C(=O)OC(C)C(=O)Nc2cc(Cl)ccc2Cl)cc1NC(=O)c1ccco1. The van der Waals surface area contributed by atoms with Gasteiger partial charge in [0.1, 0.15) is 0 Å². The van der Waals surface area contributed by atoms with Crippen molar-refractivity contribution in [2.24, 2.45) is 0 Å². The molecule has 0 fully saturated rings. The van der Waals surface area contributed by atoms with Crippen LogP contribution in [0.15, 0.2) is 59.2 Å². The number of hydrogen-bond acceptors (Lipinski definition) is 5. The fraction of sp³-hybridized carbons (Fsp3) is 0.136. The molecule has 1 heterocycles. The average molecular weight is 461 g/mol. The van der Waals surface area contributed by atoms with Crippen molar-refractivity contribution < 1.29 is 23.5 Å². The third kappa shape index (κ3) is 5.65. The molecule has 0 spiro atoms. The Kier molecular flexibility index (Phi) is 6.99. The first-order chi connectivity index (χ1) is 14.7. The fourth-order valence-electron chi connectivity index (χ4n) is 2.59. The van der Waals surface area contributed by atoms with Crippen molar-refractivity contribution in [1.82, 2.24) is 0 Å². The highest BCUT2D eigenvalue weighted by atomic mass is 35.5. The lowest BCUT2D eigenvalue weighted by Crippen LogP contribution is -2.30. The molecule has 3 rings (SSSR count). The highest BCUT2D eigenvalue weighted by molar-refractivity contribution is 6.35. The van der Waals surface area contributed by atoms with Crippen molar-refractivity contribution in [2.45, 2.75) is 20.0 Å². The highest BCUT2D eigenvalue weighted by Gasteiger charge is 2.21. The number of aryl methyl sites for hydroxylation is 1. The van der Waals surface area contributed by atoms with E-state index in [1.54, 1.807) is 37.3 Å². The maximum atomic E-state index is 12.5. The lowest BCUT2D eigenvalue weighted by atomic mass is 10.1. The van der Waals surface area contributed by atoms with E-state index in [2.05, 4.69) is 10.6 Å². The summed E-state index contributed by atoms with van der Waals surface area (Å²) >= 11 is 11.9. The number of esters is 1. The molecule has 2 N–H and O–H groups in total. The van der Waals surface area contributed by atoms with Gasteiger partial charge in [0.05, 0.1) is 22.5 Å². The van der Waals surface area contributed by atoms with Gasteiger partial charge in [-0.05, 0) is 61.9 Å². The molecule has 3 aromatic rings. The number of furan rings is 1. The number of carbonyl (C=O) groups excluding carboxylic acids is 3. The minimum atomic E-state index is -1.11. The van der Waals surface area contributed by atoms with E-state index in [1.807, 2.05) is 0 Å². The standard InChI is InChI=1S/C22H18Cl2N2O5/c1-12-5-6-14(10-17(12)25-21(28)19-4-3-9-30-19)22(29)31-13(2)20(27)26-18-11-15(23)7-8-16(18)24/h3-11,13H,1-2H3,(H,25,28)(H,26,27). The van der Waals surface area contributed by atoms with Gasteiger partial charge in [0.15, 0.2) is 11.9 Å². The maximum Gasteiger partial charge on any atom is 0.338 e. The molecule has 0 aliphatic heterocycles. The normalized spacial score (nSPS) is 11.5. The Morgan fingerprint density at radius 2 is 1.77 bits per heavy atom. The van der Waals surface area contributed by atoms with Gasteiger partial charge in [-0.25, -0.2) is 4.79 Å². The zero-order chi connectivity index (χ0) is 22.5. The molecule has 0 aliphatic rings. The molecule has 9 heteroatoms. The molecule has 0 radical (unpaired) electrons. The van der Waals surface area contributed by atoms with E-state index in [9.17, 15) is 14.4 Å². The van der Waals surface area contributed by atoms with E-state index < -0.39 is 23.9 Å². The molecule has 2 aromatic carbocycles. The van der Waals surface area contributed by atoms with Gasteiger partial charge in [-0.2, -0.15) is 0 Å². The summed E-state index contributed by atoms with van der Waals surface area (Å²) in [6.45, 7) is 3.21. The monoisotopic (exact) mass is 460 g/mol. The average Bonchev–Trinajstić information content (AvgIpc) is 3.27. The van der Waals surface area contributed by atoms with Crippen molar-refractivity contribution in [1.29, 1.82) is 0 Å². The largest absolute Gasteiger partial charge is 0.459 e. The summed E-state index contributed by atoms with van der Waals surface area (Å²) in [5.41, 5.74) is 1.62. The third-order valence-electron chi connectivity index (χ3n) is 4.31. The van der Waals surface area contributed by atoms with Gasteiger partial charge in [-0.15, -0.1) is 0 Å². The molecule has 0 saturated carbocycles. The van der Waals surface area contributed by atoms with E-state index in [1.165, 1.54) is 31.4 Å². The number of ether oxygens (including phenoxy) is 1. The number of amides is 2. The highest BCUT2D eigenvalue weighted by Crippen LogP contribution is 2.26. The predicted molar refractivity (Wildman–Crippen MR) is 118 cm³/mol. The van der Waals surface area contributed by atoms with Crippen LogP contribution in [0.4, 0.5) is 11.4 Å². The van der Waals surface area contributed by atoms with E-state index in [4.69, 9.17) is 32.4 Å². The van der Waals surface area contributed by atoms with Crippen LogP contribution in [0.25, 0.3) is 0 Å². The predicted octanol–water partition coefficient (Wildman–Crippen LogP) is 5.33. The number of carbonyl (C=O) groups is 3. The second-order valence-electron chi connectivity index (χ2n) is 6.62. The Bertz CT molecular complexity index is 1130. The third-order valence-corrected chi connectivity index (χ3v) is 4.87. The first kappa shape index (κ1) is 22.4. The van der Waals surface area contributed by atoms with Crippen LogP contribution < -0.4 is 10.6 Å². The number of benzene rings is 2. The number of hydrogen-bond donors (Lipinski definition) is 2. The second kappa shape index (κ2) is 9.68. The summed E-state index contributed by atoms with van der Waals surface area (Å²) in [5, 5.41) is 5.95. The van der Waals surface area contributed by atoms with Crippen LogP contribution >= 0.6 is 23.2 Å². The second-order valence-corrected chi connectivity index (χ2v) is 7.47. The van der Waals surface area contributed by atoms with E-state index in [-0.39, 0.29) is 11.3 Å². The fourth-order valence-corrected chi connectivity index (χ4v) is 2.92. The summed E-state index contributed by atoms with van der Waals surface area (Å²) < 4.78 is 10.3. The van der Waals surface area contributed by atoms with Gasteiger partial charge < -0.3 is 19.8 Å². The molecular weight excluding hydrogens is 443 g/mol. The Morgan fingerprint density at radius 3 is 2.48 bits per heavy atom. The van der Waals surface area contributed by atoms with Crippen molar-refractivity contribution in [3.8, 4) is 0 Å². The topological polar surface area (TPSA) is 97.6 Å². The molecule has 1 aromatic heterocycles. The van der Waals surface area contributed by atoms with Crippen LogP contribution in [0.1, 0.15) is 33.4 Å².